The van der Waals surface area contributed by atoms with Gasteiger partial charge in [-0.15, -0.1) is 0 Å². The van der Waals surface area contributed by atoms with Crippen LogP contribution in [0.4, 0.5) is 5.69 Å². The molecule has 1 saturated carbocycles. The molecule has 1 amide bonds. The van der Waals surface area contributed by atoms with Gasteiger partial charge in [0, 0.05) is 4.47 Å². The van der Waals surface area contributed by atoms with Gasteiger partial charge in [0.05, 0.1) is 17.5 Å². The van der Waals surface area contributed by atoms with E-state index in [2.05, 4.69) is 21.2 Å². The summed E-state index contributed by atoms with van der Waals surface area (Å²) in [6, 6.07) is 5.66. The second kappa shape index (κ2) is 5.30. The molecular formula is C16H16BrNO3. The molecule has 5 heteroatoms. The molecule has 2 bridgehead atoms. The van der Waals surface area contributed by atoms with Gasteiger partial charge in [-0.25, -0.2) is 0 Å². The first-order chi connectivity index (χ1) is 9.97. The van der Waals surface area contributed by atoms with Crippen molar-refractivity contribution in [3.05, 3.63) is 40.4 Å². The fourth-order valence-corrected chi connectivity index (χ4v) is 4.05. The van der Waals surface area contributed by atoms with Crippen molar-refractivity contribution in [2.45, 2.75) is 13.3 Å². The number of fused-ring (bicyclic) bond motifs is 2. The van der Waals surface area contributed by atoms with Gasteiger partial charge in [-0.2, -0.15) is 0 Å². The molecule has 0 saturated heterocycles. The zero-order valence-corrected chi connectivity index (χ0v) is 13.1. The largest absolute Gasteiger partial charge is 0.481 e. The summed E-state index contributed by atoms with van der Waals surface area (Å²) in [5.74, 6) is -2.14. The Morgan fingerprint density at radius 1 is 1.24 bits per heavy atom. The van der Waals surface area contributed by atoms with Crippen LogP contribution in [0.1, 0.15) is 12.0 Å². The lowest BCUT2D eigenvalue weighted by Crippen LogP contribution is -2.36. The van der Waals surface area contributed by atoms with E-state index in [0.717, 1.165) is 16.5 Å². The maximum absolute atomic E-state index is 12.5. The van der Waals surface area contributed by atoms with Gasteiger partial charge in [0.1, 0.15) is 0 Å². The summed E-state index contributed by atoms with van der Waals surface area (Å²) in [6.07, 6.45) is 4.69. The second-order valence-corrected chi connectivity index (χ2v) is 6.67. The van der Waals surface area contributed by atoms with Crippen molar-refractivity contribution < 1.29 is 14.7 Å². The molecule has 2 N–H and O–H groups in total. The number of carbonyl (C=O) groups is 2. The molecule has 110 valence electrons. The van der Waals surface area contributed by atoms with Crippen molar-refractivity contribution in [1.82, 2.24) is 0 Å². The molecule has 0 radical (unpaired) electrons. The van der Waals surface area contributed by atoms with E-state index < -0.39 is 17.8 Å². The summed E-state index contributed by atoms with van der Waals surface area (Å²) in [5, 5.41) is 12.3. The Balaban J connectivity index is 1.82. The van der Waals surface area contributed by atoms with Crippen LogP contribution in [0.25, 0.3) is 0 Å². The third-order valence-electron chi connectivity index (χ3n) is 4.43. The van der Waals surface area contributed by atoms with Crippen molar-refractivity contribution >= 4 is 33.5 Å². The van der Waals surface area contributed by atoms with Crippen LogP contribution in [0.15, 0.2) is 34.8 Å². The summed E-state index contributed by atoms with van der Waals surface area (Å²) >= 11 is 3.42. The lowest BCUT2D eigenvalue weighted by molar-refractivity contribution is -0.146. The van der Waals surface area contributed by atoms with E-state index >= 15 is 0 Å². The van der Waals surface area contributed by atoms with Crippen LogP contribution in [-0.4, -0.2) is 17.0 Å². The summed E-state index contributed by atoms with van der Waals surface area (Å²) in [5.41, 5.74) is 1.77. The second-order valence-electron chi connectivity index (χ2n) is 5.81. The number of halogens is 1. The fourth-order valence-electron chi connectivity index (χ4n) is 3.45. The summed E-state index contributed by atoms with van der Waals surface area (Å²) in [4.78, 5) is 24.0. The smallest absolute Gasteiger partial charge is 0.307 e. The zero-order valence-electron chi connectivity index (χ0n) is 11.5. The monoisotopic (exact) mass is 349 g/mol. The number of benzene rings is 1. The van der Waals surface area contributed by atoms with Crippen LogP contribution in [0, 0.1) is 30.6 Å². The minimum Gasteiger partial charge on any atom is -0.481 e. The Hall–Kier alpha value is -1.62. The molecule has 0 aromatic heterocycles. The highest BCUT2D eigenvalue weighted by atomic mass is 79.9. The van der Waals surface area contributed by atoms with Crippen LogP contribution in [-0.2, 0) is 9.59 Å². The number of amides is 1. The van der Waals surface area contributed by atoms with Crippen LogP contribution in [0.3, 0.4) is 0 Å². The number of carbonyl (C=O) groups excluding carboxylic acids is 1. The van der Waals surface area contributed by atoms with Gasteiger partial charge in [-0.05, 0) is 58.8 Å². The first-order valence-corrected chi connectivity index (χ1v) is 7.75. The van der Waals surface area contributed by atoms with E-state index in [4.69, 9.17) is 0 Å². The topological polar surface area (TPSA) is 66.4 Å². The first kappa shape index (κ1) is 14.3. The van der Waals surface area contributed by atoms with Gasteiger partial charge in [0.15, 0.2) is 0 Å². The predicted octanol–water partition coefficient (Wildman–Crippen LogP) is 3.22. The molecule has 4 nitrogen and oxygen atoms in total. The van der Waals surface area contributed by atoms with E-state index in [1.54, 1.807) is 0 Å². The Kier molecular flexibility index (Phi) is 3.61. The summed E-state index contributed by atoms with van der Waals surface area (Å²) in [7, 11) is 0. The molecule has 0 heterocycles. The number of aryl methyl sites for hydroxylation is 1. The van der Waals surface area contributed by atoms with E-state index in [9.17, 15) is 14.7 Å². The molecule has 0 unspecified atom stereocenters. The molecule has 1 aromatic rings. The highest BCUT2D eigenvalue weighted by Crippen LogP contribution is 2.48. The number of aliphatic carboxylic acids is 1. The molecule has 0 spiro atoms. The van der Waals surface area contributed by atoms with E-state index in [-0.39, 0.29) is 17.7 Å². The molecule has 21 heavy (non-hydrogen) atoms. The molecule has 2 aliphatic rings. The highest BCUT2D eigenvalue weighted by molar-refractivity contribution is 9.10. The van der Waals surface area contributed by atoms with Crippen LogP contribution >= 0.6 is 15.9 Å². The quantitative estimate of drug-likeness (QED) is 0.823. The van der Waals surface area contributed by atoms with Crippen LogP contribution in [0.5, 0.6) is 0 Å². The lowest BCUT2D eigenvalue weighted by atomic mass is 9.82. The number of allylic oxidation sites excluding steroid dienone is 2. The minimum atomic E-state index is -0.880. The number of carboxylic acids is 1. The number of hydrogen-bond acceptors (Lipinski definition) is 2. The van der Waals surface area contributed by atoms with Crippen LogP contribution in [0.2, 0.25) is 0 Å². The fraction of sp³-hybridized carbons (Fsp3) is 0.375. The SMILES string of the molecule is Cc1ccc(NC(=O)[C@H]2[C@@H](C(=O)O)[C@H]3C=C[C@H]2C3)c(Br)c1. The van der Waals surface area contributed by atoms with Gasteiger partial charge in [-0.3, -0.25) is 9.59 Å². The minimum absolute atomic E-state index is 0.00953. The standard InChI is InChI=1S/C16H16BrNO3/c1-8-2-5-12(11(17)6-8)18-15(19)13-9-3-4-10(7-9)14(13)16(20)21/h2-6,9-10,13-14H,7H2,1H3,(H,18,19)(H,20,21)/t9-,10-,13+,14-/m0/s1. The third-order valence-corrected chi connectivity index (χ3v) is 5.09. The predicted molar refractivity (Wildman–Crippen MR) is 82.9 cm³/mol. The average Bonchev–Trinajstić information content (AvgIpc) is 3.02. The maximum atomic E-state index is 12.5. The molecule has 2 aliphatic carbocycles. The molecule has 1 aromatic carbocycles. The lowest BCUT2D eigenvalue weighted by Gasteiger charge is -2.24. The Morgan fingerprint density at radius 3 is 2.52 bits per heavy atom. The van der Waals surface area contributed by atoms with E-state index in [0.29, 0.717) is 5.69 Å². The van der Waals surface area contributed by atoms with Gasteiger partial charge in [-0.1, -0.05) is 18.2 Å². The Bertz CT molecular complexity index is 640. The third kappa shape index (κ3) is 2.50. The highest BCUT2D eigenvalue weighted by Gasteiger charge is 2.51. The summed E-state index contributed by atoms with van der Waals surface area (Å²) < 4.78 is 0.807. The van der Waals surface area contributed by atoms with Crippen molar-refractivity contribution in [1.29, 1.82) is 0 Å². The van der Waals surface area contributed by atoms with Crippen molar-refractivity contribution in [3.8, 4) is 0 Å². The molecule has 3 rings (SSSR count). The zero-order chi connectivity index (χ0) is 15.1. The average molecular weight is 350 g/mol. The Labute approximate surface area is 131 Å². The Morgan fingerprint density at radius 2 is 1.90 bits per heavy atom. The van der Waals surface area contributed by atoms with Gasteiger partial charge in [0.25, 0.3) is 0 Å². The van der Waals surface area contributed by atoms with E-state index in [1.165, 1.54) is 0 Å². The number of nitrogens with one attached hydrogen (secondary N) is 1. The number of rotatable bonds is 3. The van der Waals surface area contributed by atoms with Crippen molar-refractivity contribution in [2.24, 2.45) is 23.7 Å². The van der Waals surface area contributed by atoms with Crippen LogP contribution < -0.4 is 5.32 Å². The summed E-state index contributed by atoms with van der Waals surface area (Å²) in [6.45, 7) is 1.97. The van der Waals surface area contributed by atoms with Gasteiger partial charge < -0.3 is 10.4 Å². The van der Waals surface area contributed by atoms with Gasteiger partial charge >= 0.3 is 5.97 Å². The molecule has 0 aliphatic heterocycles. The molecular weight excluding hydrogens is 334 g/mol. The molecule has 4 atom stereocenters. The number of carboxylic acid groups (broad SMARTS) is 1. The number of hydrogen-bond donors (Lipinski definition) is 2. The first-order valence-electron chi connectivity index (χ1n) is 6.95. The molecule has 1 fully saturated rings. The normalized spacial score (nSPS) is 29.6. The van der Waals surface area contributed by atoms with Crippen molar-refractivity contribution in [2.75, 3.05) is 5.32 Å². The number of anilines is 1. The van der Waals surface area contributed by atoms with E-state index in [1.807, 2.05) is 37.3 Å². The van der Waals surface area contributed by atoms with Crippen molar-refractivity contribution in [3.63, 3.8) is 0 Å². The van der Waals surface area contributed by atoms with Gasteiger partial charge in [0.2, 0.25) is 5.91 Å². The maximum Gasteiger partial charge on any atom is 0.307 e.